The topological polar surface area (TPSA) is 111 Å². The first kappa shape index (κ1) is 31.3. The van der Waals surface area contributed by atoms with Crippen LogP contribution in [0.1, 0.15) is 34.0 Å². The molecule has 12 heteroatoms. The first-order chi connectivity index (χ1) is 21.4. The van der Waals surface area contributed by atoms with Gasteiger partial charge in [0, 0.05) is 78.1 Å². The van der Waals surface area contributed by atoms with Crippen molar-refractivity contribution in [3.05, 3.63) is 58.7 Å². The molecule has 44 heavy (non-hydrogen) atoms. The number of nitrogens with zero attached hydrogens (tertiary/aromatic N) is 7. The number of piperazine rings is 1. The molecule has 2 aromatic carbocycles. The fourth-order valence-corrected chi connectivity index (χ4v) is 5.43. The minimum absolute atomic E-state index is 0.0144. The number of hydrogen-bond donors (Lipinski definition) is 2. The Bertz CT molecular complexity index is 1410. The molecule has 0 atom stereocenters. The van der Waals surface area contributed by atoms with Crippen LogP contribution < -0.4 is 25.0 Å². The number of rotatable bonds is 12. The van der Waals surface area contributed by atoms with Crippen molar-refractivity contribution >= 4 is 23.8 Å². The van der Waals surface area contributed by atoms with E-state index in [4.69, 9.17) is 24.4 Å². The monoisotopic (exact) mass is 603 g/mol. The highest BCUT2D eigenvalue weighted by Gasteiger charge is 2.23. The second-order valence-electron chi connectivity index (χ2n) is 11.4. The van der Waals surface area contributed by atoms with Crippen LogP contribution in [0.15, 0.2) is 36.4 Å². The molecule has 3 heterocycles. The zero-order valence-corrected chi connectivity index (χ0v) is 26.6. The second kappa shape index (κ2) is 14.5. The molecule has 1 amide bonds. The summed E-state index contributed by atoms with van der Waals surface area (Å²) in [6.45, 7) is 10.5. The summed E-state index contributed by atoms with van der Waals surface area (Å²) < 4.78 is 11.1. The maximum atomic E-state index is 12.5. The zero-order chi connectivity index (χ0) is 31.1. The Labute approximate surface area is 260 Å². The van der Waals surface area contributed by atoms with E-state index in [0.717, 1.165) is 69.1 Å². The highest BCUT2D eigenvalue weighted by molar-refractivity contribution is 5.94. The van der Waals surface area contributed by atoms with E-state index in [-0.39, 0.29) is 5.91 Å². The molecule has 0 radical (unpaired) electrons. The van der Waals surface area contributed by atoms with Crippen LogP contribution in [0.3, 0.4) is 0 Å². The fraction of sp³-hybridized carbons (Fsp3) is 0.500. The summed E-state index contributed by atoms with van der Waals surface area (Å²) in [5, 5.41) is 6.83. The van der Waals surface area contributed by atoms with E-state index in [2.05, 4.69) is 38.4 Å². The van der Waals surface area contributed by atoms with E-state index < -0.39 is 0 Å². The molecule has 3 aromatic rings. The molecule has 0 spiro atoms. The quantitative estimate of drug-likeness (QED) is 0.319. The Hall–Kier alpha value is -4.16. The molecule has 0 unspecified atom stereocenters. The Balaban J connectivity index is 1.31. The molecule has 1 saturated heterocycles. The Morgan fingerprint density at radius 1 is 0.909 bits per heavy atom. The average Bonchev–Trinajstić information content (AvgIpc) is 3.06. The lowest BCUT2D eigenvalue weighted by molar-refractivity contribution is 0.0802. The highest BCUT2D eigenvalue weighted by Crippen LogP contribution is 2.34. The third-order valence-electron chi connectivity index (χ3n) is 8.40. The van der Waals surface area contributed by atoms with Crippen LogP contribution in [0.25, 0.3) is 0 Å². The predicted octanol–water partition coefficient (Wildman–Crippen LogP) is 2.81. The van der Waals surface area contributed by atoms with E-state index in [1.54, 1.807) is 26.2 Å². The molecular weight excluding hydrogens is 558 g/mol. The number of ether oxygens (including phenoxy) is 2. The first-order valence-corrected chi connectivity index (χ1v) is 15.3. The van der Waals surface area contributed by atoms with Crippen molar-refractivity contribution in [2.75, 3.05) is 96.2 Å². The van der Waals surface area contributed by atoms with Crippen molar-refractivity contribution in [2.45, 2.75) is 26.4 Å². The summed E-state index contributed by atoms with van der Waals surface area (Å²) in [6, 6.07) is 11.8. The first-order valence-electron chi connectivity index (χ1n) is 15.3. The zero-order valence-electron chi connectivity index (χ0n) is 26.6. The number of likely N-dealkylation sites (N-methyl/N-ethyl adjacent to an activating group) is 1. The van der Waals surface area contributed by atoms with Crippen molar-refractivity contribution < 1.29 is 14.3 Å². The molecule has 0 saturated carbocycles. The number of carbonyl (C=O) groups excluding carboxylic acids is 1. The molecule has 1 fully saturated rings. The number of nitrogens with one attached hydrogen (secondary N) is 2. The maximum absolute atomic E-state index is 12.5. The van der Waals surface area contributed by atoms with Crippen molar-refractivity contribution in [2.24, 2.45) is 0 Å². The van der Waals surface area contributed by atoms with Gasteiger partial charge in [-0.25, -0.2) is 0 Å². The van der Waals surface area contributed by atoms with Gasteiger partial charge in [-0.05, 0) is 61.3 Å². The van der Waals surface area contributed by atoms with Crippen LogP contribution in [0.5, 0.6) is 11.5 Å². The molecule has 0 bridgehead atoms. The van der Waals surface area contributed by atoms with E-state index in [1.807, 2.05) is 37.3 Å². The Kier molecular flexibility index (Phi) is 10.3. The molecule has 2 N–H and O–H groups in total. The predicted molar refractivity (Wildman–Crippen MR) is 173 cm³/mol. The SMILES string of the molecule is CCN(C)C(=O)c1ccc(CNc2nc(NCCN3CCN(C)CC3)nc(N3CCc4cc(OC)c(OC)cc4C3)n2)cc1. The van der Waals surface area contributed by atoms with Gasteiger partial charge in [0.1, 0.15) is 0 Å². The summed E-state index contributed by atoms with van der Waals surface area (Å²) in [5.74, 6) is 3.14. The molecule has 0 aliphatic carbocycles. The summed E-state index contributed by atoms with van der Waals surface area (Å²) in [5.41, 5.74) is 4.10. The van der Waals surface area contributed by atoms with Crippen LogP contribution in [0.4, 0.5) is 17.8 Å². The molecule has 236 valence electrons. The van der Waals surface area contributed by atoms with Gasteiger partial charge in [0.05, 0.1) is 14.2 Å². The van der Waals surface area contributed by atoms with Crippen LogP contribution in [-0.4, -0.2) is 116 Å². The number of fused-ring (bicyclic) bond motifs is 1. The van der Waals surface area contributed by atoms with E-state index in [9.17, 15) is 4.79 Å². The minimum Gasteiger partial charge on any atom is -0.493 e. The lowest BCUT2D eigenvalue weighted by Crippen LogP contribution is -2.45. The summed E-state index contributed by atoms with van der Waals surface area (Å²) in [7, 11) is 7.29. The van der Waals surface area contributed by atoms with Crippen LogP contribution in [-0.2, 0) is 19.5 Å². The number of carbonyl (C=O) groups is 1. The number of hydrogen-bond acceptors (Lipinski definition) is 11. The number of methoxy groups -OCH3 is 2. The molecule has 2 aliphatic rings. The van der Waals surface area contributed by atoms with Crippen molar-refractivity contribution in [3.63, 3.8) is 0 Å². The van der Waals surface area contributed by atoms with Gasteiger partial charge in [0.25, 0.3) is 5.91 Å². The maximum Gasteiger partial charge on any atom is 0.253 e. The van der Waals surface area contributed by atoms with Crippen LogP contribution in [0, 0.1) is 0 Å². The standard InChI is InChI=1S/C32H45N9O3/c1-6-39(3)29(42)24-9-7-23(8-10-24)21-34-31-35-30(33-12-14-40-17-15-38(2)16-18-40)36-32(37-31)41-13-11-25-19-27(43-4)28(44-5)20-26(25)22-41/h7-10,19-20H,6,11-18,21-22H2,1-5H3,(H2,33,34,35,36,37). The molecule has 2 aliphatic heterocycles. The summed E-state index contributed by atoms with van der Waals surface area (Å²) in [4.78, 5) is 35.6. The summed E-state index contributed by atoms with van der Waals surface area (Å²) in [6.07, 6.45) is 0.842. The minimum atomic E-state index is 0.0144. The van der Waals surface area contributed by atoms with E-state index in [1.165, 1.54) is 5.56 Å². The van der Waals surface area contributed by atoms with Crippen molar-refractivity contribution in [3.8, 4) is 11.5 Å². The smallest absolute Gasteiger partial charge is 0.253 e. The van der Waals surface area contributed by atoms with Crippen molar-refractivity contribution in [1.29, 1.82) is 0 Å². The molecule has 1 aromatic heterocycles. The number of amides is 1. The van der Waals surface area contributed by atoms with Gasteiger partial charge in [-0.3, -0.25) is 9.69 Å². The van der Waals surface area contributed by atoms with Gasteiger partial charge in [0.15, 0.2) is 11.5 Å². The molecule has 5 rings (SSSR count). The Morgan fingerprint density at radius 2 is 1.57 bits per heavy atom. The van der Waals surface area contributed by atoms with Crippen molar-refractivity contribution in [1.82, 2.24) is 29.7 Å². The van der Waals surface area contributed by atoms with Crippen LogP contribution in [0.2, 0.25) is 0 Å². The number of benzene rings is 2. The number of aromatic nitrogens is 3. The van der Waals surface area contributed by atoms with Gasteiger partial charge >= 0.3 is 0 Å². The normalized spacial score (nSPS) is 15.4. The number of anilines is 3. The van der Waals surface area contributed by atoms with Gasteiger partial charge in [-0.1, -0.05) is 12.1 Å². The fourth-order valence-electron chi connectivity index (χ4n) is 5.43. The third kappa shape index (κ3) is 7.67. The lowest BCUT2D eigenvalue weighted by Gasteiger charge is -2.32. The largest absolute Gasteiger partial charge is 0.493 e. The molecular formula is C32H45N9O3. The van der Waals surface area contributed by atoms with Gasteiger partial charge < -0.3 is 34.8 Å². The van der Waals surface area contributed by atoms with Gasteiger partial charge in [-0.15, -0.1) is 0 Å². The second-order valence-corrected chi connectivity index (χ2v) is 11.4. The van der Waals surface area contributed by atoms with E-state index in [0.29, 0.717) is 48.8 Å². The third-order valence-corrected chi connectivity index (χ3v) is 8.40. The average molecular weight is 604 g/mol. The van der Waals surface area contributed by atoms with Gasteiger partial charge in [-0.2, -0.15) is 15.0 Å². The van der Waals surface area contributed by atoms with Gasteiger partial charge in [0.2, 0.25) is 17.8 Å². The molecule has 12 nitrogen and oxygen atoms in total. The lowest BCUT2D eigenvalue weighted by atomic mass is 9.99. The highest BCUT2D eigenvalue weighted by atomic mass is 16.5. The summed E-state index contributed by atoms with van der Waals surface area (Å²) >= 11 is 0. The van der Waals surface area contributed by atoms with E-state index >= 15 is 0 Å². The Morgan fingerprint density at radius 3 is 2.23 bits per heavy atom. The van der Waals surface area contributed by atoms with Crippen LogP contribution >= 0.6 is 0 Å².